The summed E-state index contributed by atoms with van der Waals surface area (Å²) in [7, 11) is 0. The zero-order valence-electron chi connectivity index (χ0n) is 13.5. The van der Waals surface area contributed by atoms with Gasteiger partial charge in [0.1, 0.15) is 11.4 Å². The lowest BCUT2D eigenvalue weighted by atomic mass is 10.0. The Bertz CT molecular complexity index is 886. The molecule has 0 bridgehead atoms. The zero-order valence-corrected chi connectivity index (χ0v) is 13.5. The molecule has 4 rings (SSSR count). The molecule has 4 nitrogen and oxygen atoms in total. The Morgan fingerprint density at radius 2 is 1.83 bits per heavy atom. The molecule has 1 heterocycles. The summed E-state index contributed by atoms with van der Waals surface area (Å²) in [6.45, 7) is 2.63. The number of amidine groups is 1. The van der Waals surface area contributed by atoms with Crippen LogP contribution in [-0.2, 0) is 4.79 Å². The maximum absolute atomic E-state index is 12.4. The van der Waals surface area contributed by atoms with E-state index in [1.165, 1.54) is 0 Å². The van der Waals surface area contributed by atoms with Gasteiger partial charge < -0.3 is 0 Å². The van der Waals surface area contributed by atoms with Crippen LogP contribution >= 0.6 is 0 Å². The van der Waals surface area contributed by atoms with Crippen molar-refractivity contribution in [3.63, 3.8) is 0 Å². The highest BCUT2D eigenvalue weighted by atomic mass is 16.2. The zero-order chi connectivity index (χ0) is 16.7. The van der Waals surface area contributed by atoms with Crippen LogP contribution in [0.2, 0.25) is 0 Å². The van der Waals surface area contributed by atoms with Crippen LogP contribution in [0, 0.1) is 11.3 Å². The van der Waals surface area contributed by atoms with E-state index in [0.29, 0.717) is 12.1 Å². The topological polar surface area (TPSA) is 56.5 Å². The number of amides is 1. The Labute approximate surface area is 141 Å². The molecule has 0 unspecified atom stereocenters. The fraction of sp³-hybridized carbons (Fsp3) is 0.250. The van der Waals surface area contributed by atoms with Crippen molar-refractivity contribution in [3.8, 4) is 17.2 Å². The van der Waals surface area contributed by atoms with Gasteiger partial charge in [-0.1, -0.05) is 36.4 Å². The summed E-state index contributed by atoms with van der Waals surface area (Å²) in [5, 5.41) is 9.03. The molecule has 2 aromatic rings. The van der Waals surface area contributed by atoms with E-state index in [1.807, 2.05) is 49.4 Å². The second kappa shape index (κ2) is 5.31. The molecule has 1 fully saturated rings. The van der Waals surface area contributed by atoms with Gasteiger partial charge in [0.25, 0.3) is 5.91 Å². The molecule has 2 aliphatic rings. The highest BCUT2D eigenvalue weighted by Crippen LogP contribution is 2.45. The molecular formula is C20H17N3O. The first-order valence-electron chi connectivity index (χ1n) is 8.20. The molecule has 118 valence electrons. The molecular weight excluding hydrogens is 298 g/mol. The Morgan fingerprint density at radius 3 is 2.46 bits per heavy atom. The van der Waals surface area contributed by atoms with E-state index in [1.54, 1.807) is 11.0 Å². The average Bonchev–Trinajstić information content (AvgIpc) is 3.36. The van der Waals surface area contributed by atoms with Crippen molar-refractivity contribution in [2.75, 3.05) is 6.54 Å². The van der Waals surface area contributed by atoms with Gasteiger partial charge in [0.15, 0.2) is 0 Å². The van der Waals surface area contributed by atoms with E-state index in [0.717, 1.165) is 35.4 Å². The SMILES string of the molecule is CCN1C(=O)C2(CC2)N=C1c1ccc(-c2cccc(C#N)c2)cc1. The summed E-state index contributed by atoms with van der Waals surface area (Å²) < 4.78 is 0. The molecule has 0 N–H and O–H groups in total. The minimum absolute atomic E-state index is 0.144. The third-order valence-corrected chi connectivity index (χ3v) is 4.73. The summed E-state index contributed by atoms with van der Waals surface area (Å²) >= 11 is 0. The molecule has 1 aliphatic heterocycles. The molecule has 0 atom stereocenters. The van der Waals surface area contributed by atoms with Gasteiger partial charge >= 0.3 is 0 Å². The number of benzene rings is 2. The number of hydrogen-bond acceptors (Lipinski definition) is 3. The number of nitriles is 1. The third kappa shape index (κ3) is 2.21. The predicted octanol–water partition coefficient (Wildman–Crippen LogP) is 3.37. The van der Waals surface area contributed by atoms with Gasteiger partial charge in [-0.15, -0.1) is 0 Å². The standard InChI is InChI=1S/C20H17N3O/c1-2-23-18(22-20(10-11-20)19(23)24)16-8-6-15(7-9-16)17-5-3-4-14(12-17)13-21/h3-9,12H,2,10-11H2,1H3. The number of rotatable bonds is 3. The van der Waals surface area contributed by atoms with Gasteiger partial charge in [0.2, 0.25) is 0 Å². The number of hydrogen-bond donors (Lipinski definition) is 0. The second-order valence-corrected chi connectivity index (χ2v) is 6.29. The lowest BCUT2D eigenvalue weighted by molar-refractivity contribution is -0.128. The van der Waals surface area contributed by atoms with E-state index >= 15 is 0 Å². The fourth-order valence-electron chi connectivity index (χ4n) is 3.20. The van der Waals surface area contributed by atoms with Gasteiger partial charge in [-0.2, -0.15) is 5.26 Å². The summed E-state index contributed by atoms with van der Waals surface area (Å²) in [4.78, 5) is 18.9. The lowest BCUT2D eigenvalue weighted by Crippen LogP contribution is -2.36. The number of carbonyl (C=O) groups excluding carboxylic acids is 1. The van der Waals surface area contributed by atoms with Crippen molar-refractivity contribution in [2.24, 2.45) is 4.99 Å². The summed E-state index contributed by atoms with van der Waals surface area (Å²) in [6, 6.07) is 17.8. The van der Waals surface area contributed by atoms with Crippen LogP contribution in [0.3, 0.4) is 0 Å². The number of aliphatic imine (C=N–C) groups is 1. The Morgan fingerprint density at radius 1 is 1.12 bits per heavy atom. The van der Waals surface area contributed by atoms with Crippen molar-refractivity contribution < 1.29 is 4.79 Å². The Hall–Kier alpha value is -2.93. The molecule has 0 radical (unpaired) electrons. The average molecular weight is 315 g/mol. The quantitative estimate of drug-likeness (QED) is 0.872. The summed E-state index contributed by atoms with van der Waals surface area (Å²) in [5.74, 6) is 0.933. The van der Waals surface area contributed by atoms with Gasteiger partial charge in [-0.05, 0) is 43.0 Å². The van der Waals surface area contributed by atoms with E-state index < -0.39 is 5.54 Å². The van der Waals surface area contributed by atoms with E-state index in [2.05, 4.69) is 6.07 Å². The van der Waals surface area contributed by atoms with Crippen molar-refractivity contribution in [1.29, 1.82) is 5.26 Å². The van der Waals surface area contributed by atoms with Crippen LogP contribution in [-0.4, -0.2) is 28.7 Å². The van der Waals surface area contributed by atoms with Crippen LogP contribution < -0.4 is 0 Å². The van der Waals surface area contributed by atoms with Crippen LogP contribution in [0.25, 0.3) is 11.1 Å². The van der Waals surface area contributed by atoms with Gasteiger partial charge in [0.05, 0.1) is 11.6 Å². The van der Waals surface area contributed by atoms with E-state index in [4.69, 9.17) is 10.3 Å². The number of carbonyl (C=O) groups is 1. The third-order valence-electron chi connectivity index (χ3n) is 4.73. The van der Waals surface area contributed by atoms with Crippen molar-refractivity contribution in [2.45, 2.75) is 25.3 Å². The minimum Gasteiger partial charge on any atom is -0.295 e. The van der Waals surface area contributed by atoms with Crippen LogP contribution in [0.15, 0.2) is 53.5 Å². The maximum Gasteiger partial charge on any atom is 0.256 e. The highest BCUT2D eigenvalue weighted by molar-refractivity contribution is 6.16. The van der Waals surface area contributed by atoms with Crippen LogP contribution in [0.5, 0.6) is 0 Å². The predicted molar refractivity (Wildman–Crippen MR) is 92.5 cm³/mol. The highest BCUT2D eigenvalue weighted by Gasteiger charge is 2.56. The Kier molecular flexibility index (Phi) is 3.24. The van der Waals surface area contributed by atoms with Crippen molar-refractivity contribution >= 4 is 11.7 Å². The van der Waals surface area contributed by atoms with Crippen LogP contribution in [0.4, 0.5) is 0 Å². The first-order chi connectivity index (χ1) is 11.7. The minimum atomic E-state index is -0.453. The molecule has 24 heavy (non-hydrogen) atoms. The molecule has 0 saturated heterocycles. The second-order valence-electron chi connectivity index (χ2n) is 6.29. The lowest BCUT2D eigenvalue weighted by Gasteiger charge is -2.17. The van der Waals surface area contributed by atoms with E-state index in [-0.39, 0.29) is 5.91 Å². The first kappa shape index (κ1) is 14.6. The molecule has 0 aromatic heterocycles. The molecule has 1 aliphatic carbocycles. The smallest absolute Gasteiger partial charge is 0.256 e. The molecule has 2 aromatic carbocycles. The monoisotopic (exact) mass is 315 g/mol. The first-order valence-corrected chi connectivity index (χ1v) is 8.20. The summed E-state index contributed by atoms with van der Waals surface area (Å²) in [6.07, 6.45) is 1.73. The molecule has 4 heteroatoms. The molecule has 1 spiro atoms. The van der Waals surface area contributed by atoms with Crippen molar-refractivity contribution in [1.82, 2.24) is 4.90 Å². The van der Waals surface area contributed by atoms with Gasteiger partial charge in [-0.3, -0.25) is 14.7 Å². The Balaban J connectivity index is 1.67. The fourth-order valence-corrected chi connectivity index (χ4v) is 3.20. The van der Waals surface area contributed by atoms with Crippen LogP contribution in [0.1, 0.15) is 30.9 Å². The van der Waals surface area contributed by atoms with E-state index in [9.17, 15) is 4.79 Å². The van der Waals surface area contributed by atoms with Gasteiger partial charge in [0, 0.05) is 12.1 Å². The normalized spacial score (nSPS) is 17.8. The van der Waals surface area contributed by atoms with Crippen molar-refractivity contribution in [3.05, 3.63) is 59.7 Å². The molecule has 1 amide bonds. The molecule has 1 saturated carbocycles. The maximum atomic E-state index is 12.4. The largest absolute Gasteiger partial charge is 0.295 e. The summed E-state index contributed by atoms with van der Waals surface area (Å²) in [5.41, 5.74) is 3.22. The van der Waals surface area contributed by atoms with Gasteiger partial charge in [-0.25, -0.2) is 0 Å². The number of nitrogens with zero attached hydrogens (tertiary/aromatic N) is 3. The number of likely N-dealkylation sites (N-methyl/N-ethyl adjacent to an activating group) is 1.